The molecule has 4 rings (SSSR count). The lowest BCUT2D eigenvalue weighted by atomic mass is 9.91. The van der Waals surface area contributed by atoms with Crippen molar-refractivity contribution in [3.05, 3.63) is 34.9 Å². The van der Waals surface area contributed by atoms with Gasteiger partial charge in [0.1, 0.15) is 11.5 Å². The molecule has 2 unspecified atom stereocenters. The highest BCUT2D eigenvalue weighted by molar-refractivity contribution is 6.07. The minimum Gasteiger partial charge on any atom is -0.466 e. The normalized spacial score (nSPS) is 20.1. The van der Waals surface area contributed by atoms with E-state index in [4.69, 9.17) is 14.7 Å². The Morgan fingerprint density at radius 2 is 2.11 bits per heavy atom. The van der Waals surface area contributed by atoms with E-state index in [0.717, 1.165) is 29.9 Å². The summed E-state index contributed by atoms with van der Waals surface area (Å²) >= 11 is 0. The lowest BCUT2D eigenvalue weighted by molar-refractivity contribution is 0.0575. The number of furan rings is 1. The molecule has 4 heterocycles. The molecule has 0 aliphatic carbocycles. The average Bonchev–Trinajstić information content (AvgIpc) is 3.22. The molecule has 0 bridgehead atoms. The van der Waals surface area contributed by atoms with Gasteiger partial charge in [0.25, 0.3) is 11.6 Å². The van der Waals surface area contributed by atoms with Crippen LogP contribution in [0.2, 0.25) is 0 Å². The molecule has 0 spiro atoms. The van der Waals surface area contributed by atoms with Crippen molar-refractivity contribution >= 4 is 17.0 Å². The minimum atomic E-state index is -0.0415. The van der Waals surface area contributed by atoms with Gasteiger partial charge in [0, 0.05) is 24.7 Å². The average molecular weight is 382 g/mol. The second-order valence-electron chi connectivity index (χ2n) is 7.85. The highest BCUT2D eigenvalue weighted by Crippen LogP contribution is 2.32. The molecule has 28 heavy (non-hydrogen) atoms. The zero-order valence-electron chi connectivity index (χ0n) is 16.8. The van der Waals surface area contributed by atoms with E-state index in [9.17, 15) is 4.79 Å². The van der Waals surface area contributed by atoms with Crippen LogP contribution in [-0.4, -0.2) is 40.1 Å². The molecule has 1 saturated heterocycles. The van der Waals surface area contributed by atoms with Gasteiger partial charge in [-0.25, -0.2) is 4.98 Å². The molecule has 0 aromatic carbocycles. The fourth-order valence-electron chi connectivity index (χ4n) is 4.18. The van der Waals surface area contributed by atoms with Crippen LogP contribution >= 0.6 is 0 Å². The van der Waals surface area contributed by atoms with Gasteiger partial charge in [-0.05, 0) is 51.7 Å². The summed E-state index contributed by atoms with van der Waals surface area (Å²) in [6.07, 6.45) is 1.90. The molecule has 3 aromatic heterocycles. The molecule has 1 aliphatic rings. The Bertz CT molecular complexity index is 1040. The third-order valence-electron chi connectivity index (χ3n) is 5.68. The number of nitrogens with two attached hydrogens (primary N) is 1. The first-order valence-corrected chi connectivity index (χ1v) is 9.74. The van der Waals surface area contributed by atoms with Crippen molar-refractivity contribution < 1.29 is 13.7 Å². The fourth-order valence-corrected chi connectivity index (χ4v) is 4.18. The molecule has 1 fully saturated rings. The molecule has 1 aliphatic heterocycles. The molecule has 2 N–H and O–H groups in total. The lowest BCUT2D eigenvalue weighted by Crippen LogP contribution is -2.49. The summed E-state index contributed by atoms with van der Waals surface area (Å²) in [5.74, 6) is 2.08. The molecular formula is C21H26N4O3. The highest BCUT2D eigenvalue weighted by atomic mass is 16.5. The molecule has 3 aromatic rings. The number of fused-ring (bicyclic) bond motifs is 1. The SMILES string of the molecule is Cc1cc(-c2cc(C(=O)N3CCC(C)CC3CN)c3c(C)noc3n2)c(C)o1. The van der Waals surface area contributed by atoms with Crippen LogP contribution in [0.1, 0.15) is 47.3 Å². The van der Waals surface area contributed by atoms with E-state index in [1.54, 1.807) is 0 Å². The molecule has 0 saturated carbocycles. The molecule has 1 amide bonds. The number of hydrogen-bond donors (Lipinski definition) is 1. The third kappa shape index (κ3) is 3.09. The Hall–Kier alpha value is -2.67. The third-order valence-corrected chi connectivity index (χ3v) is 5.68. The first-order valence-electron chi connectivity index (χ1n) is 9.74. The van der Waals surface area contributed by atoms with E-state index < -0.39 is 0 Å². The maximum atomic E-state index is 13.6. The second kappa shape index (κ2) is 7.05. The summed E-state index contributed by atoms with van der Waals surface area (Å²) < 4.78 is 11.1. The van der Waals surface area contributed by atoms with Gasteiger partial charge in [-0.2, -0.15) is 0 Å². The summed E-state index contributed by atoms with van der Waals surface area (Å²) in [5, 5.41) is 4.71. The summed E-state index contributed by atoms with van der Waals surface area (Å²) in [6, 6.07) is 3.80. The summed E-state index contributed by atoms with van der Waals surface area (Å²) in [5.41, 5.74) is 9.08. The van der Waals surface area contributed by atoms with Gasteiger partial charge >= 0.3 is 0 Å². The van der Waals surface area contributed by atoms with E-state index in [0.29, 0.717) is 47.1 Å². The summed E-state index contributed by atoms with van der Waals surface area (Å²) in [7, 11) is 0. The predicted molar refractivity (Wildman–Crippen MR) is 106 cm³/mol. The second-order valence-corrected chi connectivity index (χ2v) is 7.85. The number of carbonyl (C=O) groups excluding carboxylic acids is 1. The van der Waals surface area contributed by atoms with E-state index >= 15 is 0 Å². The van der Waals surface area contributed by atoms with Crippen molar-refractivity contribution in [1.82, 2.24) is 15.0 Å². The largest absolute Gasteiger partial charge is 0.466 e. The Balaban J connectivity index is 1.84. The maximum Gasteiger partial charge on any atom is 0.259 e. The smallest absolute Gasteiger partial charge is 0.259 e. The quantitative estimate of drug-likeness (QED) is 0.743. The molecule has 7 heteroatoms. The first kappa shape index (κ1) is 18.7. The maximum absolute atomic E-state index is 13.6. The topological polar surface area (TPSA) is 98.4 Å². The standard InChI is InChI=1S/C21H26N4O3/c1-11-5-6-25(15(7-11)10-22)21(26)17-9-18(16-8-12(2)27-14(16)4)23-20-19(17)13(3)24-28-20/h8-9,11,15H,5-7,10,22H2,1-4H3. The van der Waals surface area contributed by atoms with E-state index in [-0.39, 0.29) is 11.9 Å². The number of piperidine rings is 1. The van der Waals surface area contributed by atoms with Crippen LogP contribution in [0.3, 0.4) is 0 Å². The lowest BCUT2D eigenvalue weighted by Gasteiger charge is -2.38. The van der Waals surface area contributed by atoms with Gasteiger partial charge in [0.05, 0.1) is 22.3 Å². The van der Waals surface area contributed by atoms with E-state index in [1.807, 2.05) is 37.8 Å². The van der Waals surface area contributed by atoms with Gasteiger partial charge in [-0.1, -0.05) is 12.1 Å². The predicted octanol–water partition coefficient (Wildman–Crippen LogP) is 3.61. The molecule has 148 valence electrons. The molecule has 0 radical (unpaired) electrons. The zero-order chi connectivity index (χ0) is 20.0. The Morgan fingerprint density at radius 1 is 1.32 bits per heavy atom. The van der Waals surface area contributed by atoms with Crippen LogP contribution in [0, 0.1) is 26.7 Å². The number of hydrogen-bond acceptors (Lipinski definition) is 6. The zero-order valence-corrected chi connectivity index (χ0v) is 16.8. The number of nitrogens with zero attached hydrogens (tertiary/aromatic N) is 3. The van der Waals surface area contributed by atoms with Crippen molar-refractivity contribution in [2.45, 2.75) is 46.6 Å². The molecule has 2 atom stereocenters. The van der Waals surface area contributed by atoms with Crippen molar-refractivity contribution in [1.29, 1.82) is 0 Å². The molecular weight excluding hydrogens is 356 g/mol. The van der Waals surface area contributed by atoms with Crippen LogP contribution in [-0.2, 0) is 0 Å². The van der Waals surface area contributed by atoms with Gasteiger partial charge in [-0.15, -0.1) is 0 Å². The van der Waals surface area contributed by atoms with Crippen molar-refractivity contribution in [2.24, 2.45) is 11.7 Å². The summed E-state index contributed by atoms with van der Waals surface area (Å²) in [4.78, 5) is 20.1. The Kier molecular flexibility index (Phi) is 4.71. The van der Waals surface area contributed by atoms with Crippen molar-refractivity contribution in [2.75, 3.05) is 13.1 Å². The Morgan fingerprint density at radius 3 is 2.79 bits per heavy atom. The number of aromatic nitrogens is 2. The summed E-state index contributed by atoms with van der Waals surface area (Å²) in [6.45, 7) is 8.98. The van der Waals surface area contributed by atoms with Crippen molar-refractivity contribution in [3.8, 4) is 11.3 Å². The van der Waals surface area contributed by atoms with Gasteiger partial charge in [-0.3, -0.25) is 4.79 Å². The van der Waals surface area contributed by atoms with Crippen LogP contribution < -0.4 is 5.73 Å². The van der Waals surface area contributed by atoms with E-state index in [1.165, 1.54) is 0 Å². The number of amides is 1. The van der Waals surface area contributed by atoms with Gasteiger partial charge in [0.2, 0.25) is 0 Å². The number of pyridine rings is 1. The number of aryl methyl sites for hydroxylation is 3. The van der Waals surface area contributed by atoms with Crippen molar-refractivity contribution in [3.63, 3.8) is 0 Å². The van der Waals surface area contributed by atoms with Gasteiger partial charge in [0.15, 0.2) is 0 Å². The van der Waals surface area contributed by atoms with Gasteiger partial charge < -0.3 is 19.6 Å². The number of rotatable bonds is 3. The van der Waals surface area contributed by atoms with Crippen LogP contribution in [0.5, 0.6) is 0 Å². The van der Waals surface area contributed by atoms with Crippen LogP contribution in [0.4, 0.5) is 0 Å². The fraction of sp³-hybridized carbons (Fsp3) is 0.476. The monoisotopic (exact) mass is 382 g/mol. The van der Waals surface area contributed by atoms with E-state index in [2.05, 4.69) is 17.1 Å². The Labute approximate surface area is 163 Å². The first-order chi connectivity index (χ1) is 13.4. The number of carbonyl (C=O) groups is 1. The van der Waals surface area contributed by atoms with Crippen LogP contribution in [0.25, 0.3) is 22.4 Å². The van der Waals surface area contributed by atoms with Crippen LogP contribution in [0.15, 0.2) is 21.1 Å². The number of likely N-dealkylation sites (tertiary alicyclic amines) is 1. The minimum absolute atomic E-state index is 0.0415. The highest BCUT2D eigenvalue weighted by Gasteiger charge is 2.32. The molecule has 7 nitrogen and oxygen atoms in total.